The molecule has 0 bridgehead atoms. The number of nitrogen functional groups attached to an aromatic ring is 1. The SMILES string of the molecule is CNc1nc(N)c(C(=O)Nc2ccc(C(C)C)cc2)s1. The molecule has 4 N–H and O–H groups in total. The van der Waals surface area contributed by atoms with Crippen molar-refractivity contribution < 1.29 is 4.79 Å². The Labute approximate surface area is 122 Å². The molecule has 0 fully saturated rings. The standard InChI is InChI=1S/C14H18N4OS/c1-8(2)9-4-6-10(7-5-9)17-13(19)11-12(15)18-14(16-3)20-11/h4-8H,15H2,1-3H3,(H,16,18)(H,17,19). The fourth-order valence-electron chi connectivity index (χ4n) is 1.74. The van der Waals surface area contributed by atoms with Crippen LogP contribution in [0.4, 0.5) is 16.6 Å². The summed E-state index contributed by atoms with van der Waals surface area (Å²) < 4.78 is 0. The smallest absolute Gasteiger partial charge is 0.269 e. The maximum atomic E-state index is 12.1. The molecule has 0 aliphatic carbocycles. The first kappa shape index (κ1) is 14.3. The van der Waals surface area contributed by atoms with Crippen LogP contribution in [0.2, 0.25) is 0 Å². The molecule has 0 spiro atoms. The summed E-state index contributed by atoms with van der Waals surface area (Å²) in [5.41, 5.74) is 7.72. The summed E-state index contributed by atoms with van der Waals surface area (Å²) in [5, 5.41) is 6.33. The minimum absolute atomic E-state index is 0.237. The highest BCUT2D eigenvalue weighted by atomic mass is 32.1. The van der Waals surface area contributed by atoms with Crippen LogP contribution in [0.25, 0.3) is 0 Å². The summed E-state index contributed by atoms with van der Waals surface area (Å²) in [6, 6.07) is 7.80. The van der Waals surface area contributed by atoms with E-state index >= 15 is 0 Å². The van der Waals surface area contributed by atoms with Gasteiger partial charge in [-0.3, -0.25) is 4.79 Å². The van der Waals surface area contributed by atoms with Gasteiger partial charge in [-0.2, -0.15) is 0 Å². The zero-order valence-electron chi connectivity index (χ0n) is 11.7. The molecule has 5 nitrogen and oxygen atoms in total. The minimum Gasteiger partial charge on any atom is -0.382 e. The molecule has 1 amide bonds. The van der Waals surface area contributed by atoms with Crippen molar-refractivity contribution in [3.8, 4) is 0 Å². The number of hydrogen-bond donors (Lipinski definition) is 3. The van der Waals surface area contributed by atoms with Gasteiger partial charge in [0.15, 0.2) is 5.13 Å². The lowest BCUT2D eigenvalue weighted by molar-refractivity contribution is 0.103. The fraction of sp³-hybridized carbons (Fsp3) is 0.286. The Bertz CT molecular complexity index is 604. The number of carbonyl (C=O) groups excluding carboxylic acids is 1. The van der Waals surface area contributed by atoms with Crippen LogP contribution in [0.5, 0.6) is 0 Å². The van der Waals surface area contributed by atoms with Gasteiger partial charge in [0.25, 0.3) is 5.91 Å². The van der Waals surface area contributed by atoms with Gasteiger partial charge in [0.1, 0.15) is 10.7 Å². The number of aromatic nitrogens is 1. The molecule has 20 heavy (non-hydrogen) atoms. The van der Waals surface area contributed by atoms with Gasteiger partial charge < -0.3 is 16.4 Å². The molecule has 0 saturated carbocycles. The van der Waals surface area contributed by atoms with Crippen molar-refractivity contribution in [3.05, 3.63) is 34.7 Å². The predicted octanol–water partition coefficient (Wildman–Crippen LogP) is 3.14. The molecule has 2 rings (SSSR count). The van der Waals surface area contributed by atoms with E-state index in [0.717, 1.165) is 5.69 Å². The number of hydrogen-bond acceptors (Lipinski definition) is 5. The molecule has 0 aliphatic heterocycles. The quantitative estimate of drug-likeness (QED) is 0.808. The van der Waals surface area contributed by atoms with Crippen LogP contribution in [0, 0.1) is 0 Å². The van der Waals surface area contributed by atoms with Crippen molar-refractivity contribution in [3.63, 3.8) is 0 Å². The van der Waals surface area contributed by atoms with Crippen LogP contribution in [-0.2, 0) is 0 Å². The van der Waals surface area contributed by atoms with Gasteiger partial charge in [0.2, 0.25) is 0 Å². The van der Waals surface area contributed by atoms with Crippen molar-refractivity contribution >= 4 is 33.9 Å². The molecule has 6 heteroatoms. The summed E-state index contributed by atoms with van der Waals surface area (Å²) in [6.45, 7) is 4.26. The molecule has 106 valence electrons. The highest BCUT2D eigenvalue weighted by Crippen LogP contribution is 2.25. The van der Waals surface area contributed by atoms with Crippen LogP contribution in [0.1, 0.15) is 35.0 Å². The number of anilines is 3. The molecule has 1 aromatic heterocycles. The van der Waals surface area contributed by atoms with Crippen molar-refractivity contribution in [1.29, 1.82) is 0 Å². The Hall–Kier alpha value is -2.08. The predicted molar refractivity (Wildman–Crippen MR) is 84.6 cm³/mol. The third-order valence-corrected chi connectivity index (χ3v) is 4.00. The molecule has 1 aromatic carbocycles. The van der Waals surface area contributed by atoms with Crippen LogP contribution < -0.4 is 16.4 Å². The number of benzene rings is 1. The molecule has 0 saturated heterocycles. The molecule has 0 atom stereocenters. The monoisotopic (exact) mass is 290 g/mol. The van der Waals surface area contributed by atoms with Crippen molar-refractivity contribution in [1.82, 2.24) is 4.98 Å². The molecule has 0 aliphatic rings. The van der Waals surface area contributed by atoms with Gasteiger partial charge >= 0.3 is 0 Å². The minimum atomic E-state index is -0.237. The Morgan fingerprint density at radius 1 is 1.30 bits per heavy atom. The Morgan fingerprint density at radius 2 is 1.95 bits per heavy atom. The average Bonchev–Trinajstić information content (AvgIpc) is 2.80. The normalized spacial score (nSPS) is 10.6. The lowest BCUT2D eigenvalue weighted by Gasteiger charge is -2.07. The Balaban J connectivity index is 2.12. The number of amides is 1. The molecule has 1 heterocycles. The molecule has 0 radical (unpaired) electrons. The van der Waals surface area contributed by atoms with Crippen molar-refractivity contribution in [2.75, 3.05) is 23.4 Å². The first-order chi connectivity index (χ1) is 9.51. The van der Waals surface area contributed by atoms with Gasteiger partial charge in [0.05, 0.1) is 0 Å². The molecule has 0 unspecified atom stereocenters. The number of carbonyl (C=O) groups is 1. The number of thiazole rings is 1. The average molecular weight is 290 g/mol. The maximum absolute atomic E-state index is 12.1. The Kier molecular flexibility index (Phi) is 4.24. The maximum Gasteiger partial charge on any atom is 0.269 e. The molecular formula is C14H18N4OS. The first-order valence-electron chi connectivity index (χ1n) is 6.36. The van der Waals surface area contributed by atoms with E-state index in [-0.39, 0.29) is 11.7 Å². The van der Waals surface area contributed by atoms with Crippen molar-refractivity contribution in [2.24, 2.45) is 0 Å². The highest BCUT2D eigenvalue weighted by molar-refractivity contribution is 7.18. The van der Waals surface area contributed by atoms with E-state index in [0.29, 0.717) is 15.9 Å². The third kappa shape index (κ3) is 3.08. The second kappa shape index (κ2) is 5.92. The zero-order valence-corrected chi connectivity index (χ0v) is 12.5. The van der Waals surface area contributed by atoms with E-state index in [1.807, 2.05) is 24.3 Å². The van der Waals surface area contributed by atoms with E-state index in [1.54, 1.807) is 7.05 Å². The van der Waals surface area contributed by atoms with E-state index in [1.165, 1.54) is 16.9 Å². The highest BCUT2D eigenvalue weighted by Gasteiger charge is 2.15. The summed E-state index contributed by atoms with van der Waals surface area (Å²) in [6.07, 6.45) is 0. The molecule has 2 aromatic rings. The lowest BCUT2D eigenvalue weighted by Crippen LogP contribution is -2.12. The summed E-state index contributed by atoms with van der Waals surface area (Å²) in [5.74, 6) is 0.476. The zero-order chi connectivity index (χ0) is 14.7. The van der Waals surface area contributed by atoms with E-state index in [4.69, 9.17) is 5.73 Å². The van der Waals surface area contributed by atoms with Crippen LogP contribution in [-0.4, -0.2) is 17.9 Å². The summed E-state index contributed by atoms with van der Waals surface area (Å²) in [4.78, 5) is 16.6. The van der Waals surface area contributed by atoms with Crippen LogP contribution in [0.3, 0.4) is 0 Å². The fourth-order valence-corrected chi connectivity index (χ4v) is 2.47. The topological polar surface area (TPSA) is 80.0 Å². The largest absolute Gasteiger partial charge is 0.382 e. The number of nitrogens with two attached hydrogens (primary N) is 1. The van der Waals surface area contributed by atoms with E-state index in [2.05, 4.69) is 29.5 Å². The van der Waals surface area contributed by atoms with Crippen LogP contribution in [0.15, 0.2) is 24.3 Å². The van der Waals surface area contributed by atoms with Gasteiger partial charge in [0, 0.05) is 12.7 Å². The Morgan fingerprint density at radius 3 is 2.45 bits per heavy atom. The summed E-state index contributed by atoms with van der Waals surface area (Å²) in [7, 11) is 1.74. The third-order valence-electron chi connectivity index (χ3n) is 2.91. The van der Waals surface area contributed by atoms with Crippen LogP contribution >= 0.6 is 11.3 Å². The van der Waals surface area contributed by atoms with Gasteiger partial charge in [-0.25, -0.2) is 4.98 Å². The second-order valence-electron chi connectivity index (χ2n) is 4.71. The van der Waals surface area contributed by atoms with Crippen molar-refractivity contribution in [2.45, 2.75) is 19.8 Å². The van der Waals surface area contributed by atoms with Gasteiger partial charge in [-0.05, 0) is 23.6 Å². The van der Waals surface area contributed by atoms with Gasteiger partial charge in [-0.1, -0.05) is 37.3 Å². The first-order valence-corrected chi connectivity index (χ1v) is 7.18. The molecular weight excluding hydrogens is 272 g/mol. The van der Waals surface area contributed by atoms with E-state index < -0.39 is 0 Å². The number of rotatable bonds is 4. The lowest BCUT2D eigenvalue weighted by atomic mass is 10.0. The second-order valence-corrected chi connectivity index (χ2v) is 5.71. The summed E-state index contributed by atoms with van der Waals surface area (Å²) >= 11 is 1.24. The van der Waals surface area contributed by atoms with Gasteiger partial charge in [-0.15, -0.1) is 0 Å². The van der Waals surface area contributed by atoms with E-state index in [9.17, 15) is 4.79 Å². The number of nitrogens with one attached hydrogen (secondary N) is 2. The number of nitrogens with zero attached hydrogens (tertiary/aromatic N) is 1.